The Morgan fingerprint density at radius 3 is 2.59 bits per heavy atom. The lowest BCUT2D eigenvalue weighted by molar-refractivity contribution is -0.192. The minimum atomic E-state index is -4.88. The number of ether oxygens (including phenoxy) is 1. The largest absolute Gasteiger partial charge is 0.495 e. The maximum Gasteiger partial charge on any atom is 0.471 e. The number of nitrogens with two attached hydrogens (primary N) is 1. The molecule has 1 atom stereocenters. The van der Waals surface area contributed by atoms with Crippen LogP contribution in [0.25, 0.3) is 0 Å². The Morgan fingerprint density at radius 2 is 2.09 bits per heavy atom. The first-order valence-electron chi connectivity index (χ1n) is 7.00. The van der Waals surface area contributed by atoms with Crippen LogP contribution in [0.4, 0.5) is 18.9 Å². The zero-order valence-electron chi connectivity index (χ0n) is 12.8. The molecule has 0 spiro atoms. The lowest BCUT2D eigenvalue weighted by Gasteiger charge is -2.46. The van der Waals surface area contributed by atoms with Crippen molar-refractivity contribution in [1.82, 2.24) is 4.90 Å². The fraction of sp³-hybridized carbons (Fsp3) is 0.533. The third-order valence-electron chi connectivity index (χ3n) is 4.41. The molecular weight excluding hydrogens is 297 g/mol. The van der Waals surface area contributed by atoms with E-state index in [1.54, 1.807) is 26.0 Å². The zero-order valence-corrected chi connectivity index (χ0v) is 12.8. The molecule has 0 aliphatic carbocycles. The van der Waals surface area contributed by atoms with Crippen molar-refractivity contribution in [3.05, 3.63) is 23.3 Å². The first kappa shape index (κ1) is 16.5. The molecule has 22 heavy (non-hydrogen) atoms. The van der Waals surface area contributed by atoms with Crippen molar-refractivity contribution < 1.29 is 22.7 Å². The standard InChI is InChI=1S/C15H19F3N2O2/c1-4-14(2)10-8-12(22-3)11(19)7-9(10)5-6-20(14)13(21)15(16,17)18/h7-8H,4-6,19H2,1-3H3. The summed E-state index contributed by atoms with van der Waals surface area (Å²) < 4.78 is 43.8. The number of rotatable bonds is 2. The van der Waals surface area contributed by atoms with Gasteiger partial charge in [-0.1, -0.05) is 6.92 Å². The Bertz CT molecular complexity index is 601. The van der Waals surface area contributed by atoms with Gasteiger partial charge in [0.05, 0.1) is 18.3 Å². The van der Waals surface area contributed by atoms with Crippen LogP contribution in [0.3, 0.4) is 0 Å². The fourth-order valence-electron chi connectivity index (χ4n) is 3.01. The molecule has 2 rings (SSSR count). The number of fused-ring (bicyclic) bond motifs is 1. The van der Waals surface area contributed by atoms with Crippen LogP contribution in [0.5, 0.6) is 5.75 Å². The van der Waals surface area contributed by atoms with Gasteiger partial charge in [0.1, 0.15) is 5.75 Å². The number of nitrogen functional groups attached to an aromatic ring is 1. The number of anilines is 1. The summed E-state index contributed by atoms with van der Waals surface area (Å²) in [5.74, 6) is -1.40. The number of carbonyl (C=O) groups is 1. The predicted octanol–water partition coefficient (Wildman–Crippen LogP) is 2.85. The maximum absolute atomic E-state index is 12.9. The molecule has 2 N–H and O–H groups in total. The lowest BCUT2D eigenvalue weighted by Crippen LogP contribution is -2.55. The van der Waals surface area contributed by atoms with E-state index < -0.39 is 17.6 Å². The highest BCUT2D eigenvalue weighted by atomic mass is 19.4. The number of hydrogen-bond donors (Lipinski definition) is 1. The fourth-order valence-corrected chi connectivity index (χ4v) is 3.01. The summed E-state index contributed by atoms with van der Waals surface area (Å²) in [7, 11) is 1.45. The number of halogens is 3. The Labute approximate surface area is 127 Å². The minimum Gasteiger partial charge on any atom is -0.495 e. The number of carbonyl (C=O) groups excluding carboxylic acids is 1. The molecule has 1 amide bonds. The van der Waals surface area contributed by atoms with Crippen LogP contribution < -0.4 is 10.5 Å². The molecule has 7 heteroatoms. The molecule has 1 heterocycles. The summed E-state index contributed by atoms with van der Waals surface area (Å²) in [5.41, 5.74) is 6.78. The highest BCUT2D eigenvalue weighted by Crippen LogP contribution is 2.43. The number of hydrogen-bond acceptors (Lipinski definition) is 3. The van der Waals surface area contributed by atoms with E-state index in [1.165, 1.54) is 7.11 Å². The molecule has 1 aromatic rings. The van der Waals surface area contributed by atoms with Gasteiger partial charge in [-0.25, -0.2) is 0 Å². The van der Waals surface area contributed by atoms with Crippen LogP contribution in [0.15, 0.2) is 12.1 Å². The number of methoxy groups -OCH3 is 1. The Hall–Kier alpha value is -1.92. The number of nitrogens with zero attached hydrogens (tertiary/aromatic N) is 1. The maximum atomic E-state index is 12.9. The normalized spacial score (nSPS) is 21.5. The first-order valence-corrected chi connectivity index (χ1v) is 7.00. The van der Waals surface area contributed by atoms with Gasteiger partial charge in [0, 0.05) is 6.54 Å². The molecule has 0 aromatic heterocycles. The Kier molecular flexibility index (Phi) is 4.02. The van der Waals surface area contributed by atoms with E-state index in [-0.39, 0.29) is 6.54 Å². The molecule has 0 bridgehead atoms. The molecule has 0 saturated carbocycles. The molecule has 1 unspecified atom stereocenters. The molecule has 1 aliphatic heterocycles. The third kappa shape index (κ3) is 2.48. The van der Waals surface area contributed by atoms with Crippen LogP contribution in [-0.2, 0) is 16.8 Å². The summed E-state index contributed by atoms with van der Waals surface area (Å²) in [6.07, 6.45) is -4.19. The van der Waals surface area contributed by atoms with Crippen LogP contribution in [0.1, 0.15) is 31.4 Å². The van der Waals surface area contributed by atoms with Crippen molar-refractivity contribution in [3.8, 4) is 5.75 Å². The SMILES string of the molecule is CCC1(C)c2cc(OC)c(N)cc2CCN1C(=O)C(F)(F)F. The van der Waals surface area contributed by atoms with Crippen LogP contribution in [-0.4, -0.2) is 30.6 Å². The van der Waals surface area contributed by atoms with Gasteiger partial charge in [-0.15, -0.1) is 0 Å². The highest BCUT2D eigenvalue weighted by Gasteiger charge is 2.50. The van der Waals surface area contributed by atoms with Gasteiger partial charge >= 0.3 is 12.1 Å². The van der Waals surface area contributed by atoms with Gasteiger partial charge in [-0.3, -0.25) is 4.79 Å². The molecule has 0 fully saturated rings. The number of benzene rings is 1. The van der Waals surface area contributed by atoms with Crippen molar-refractivity contribution in [2.45, 2.75) is 38.4 Å². The van der Waals surface area contributed by atoms with E-state index in [9.17, 15) is 18.0 Å². The second-order valence-electron chi connectivity index (χ2n) is 5.58. The van der Waals surface area contributed by atoms with Crippen LogP contribution >= 0.6 is 0 Å². The number of amides is 1. The van der Waals surface area contributed by atoms with Gasteiger partial charge in [-0.2, -0.15) is 13.2 Å². The molecule has 1 aliphatic rings. The molecule has 0 radical (unpaired) electrons. The molecular formula is C15H19F3N2O2. The van der Waals surface area contributed by atoms with E-state index in [0.29, 0.717) is 29.8 Å². The predicted molar refractivity (Wildman–Crippen MR) is 76.5 cm³/mol. The third-order valence-corrected chi connectivity index (χ3v) is 4.41. The monoisotopic (exact) mass is 316 g/mol. The van der Waals surface area contributed by atoms with Gasteiger partial charge in [0.25, 0.3) is 0 Å². The Morgan fingerprint density at radius 1 is 1.45 bits per heavy atom. The second kappa shape index (κ2) is 5.37. The van der Waals surface area contributed by atoms with Crippen molar-refractivity contribution in [2.24, 2.45) is 0 Å². The lowest BCUT2D eigenvalue weighted by atomic mass is 9.79. The minimum absolute atomic E-state index is 0.0153. The van der Waals surface area contributed by atoms with Gasteiger partial charge < -0.3 is 15.4 Å². The number of alkyl halides is 3. The van der Waals surface area contributed by atoms with Crippen LogP contribution in [0.2, 0.25) is 0 Å². The summed E-state index contributed by atoms with van der Waals surface area (Å²) in [6.45, 7) is 3.42. The van der Waals surface area contributed by atoms with Gasteiger partial charge in [-0.05, 0) is 43.0 Å². The molecule has 0 saturated heterocycles. The zero-order chi connectivity index (χ0) is 16.7. The van der Waals surface area contributed by atoms with E-state index >= 15 is 0 Å². The highest BCUT2D eigenvalue weighted by molar-refractivity contribution is 5.83. The molecule has 1 aromatic carbocycles. The van der Waals surface area contributed by atoms with Gasteiger partial charge in [0.15, 0.2) is 0 Å². The average molecular weight is 316 g/mol. The first-order chi connectivity index (χ1) is 10.1. The van der Waals surface area contributed by atoms with E-state index in [4.69, 9.17) is 10.5 Å². The van der Waals surface area contributed by atoms with Crippen molar-refractivity contribution in [3.63, 3.8) is 0 Å². The quantitative estimate of drug-likeness (QED) is 0.854. The van der Waals surface area contributed by atoms with E-state index in [1.807, 2.05) is 0 Å². The van der Waals surface area contributed by atoms with Crippen molar-refractivity contribution in [1.29, 1.82) is 0 Å². The smallest absolute Gasteiger partial charge is 0.471 e. The summed E-state index contributed by atoms with van der Waals surface area (Å²) >= 11 is 0. The van der Waals surface area contributed by atoms with E-state index in [0.717, 1.165) is 10.5 Å². The summed E-state index contributed by atoms with van der Waals surface area (Å²) in [4.78, 5) is 12.7. The average Bonchev–Trinajstić information content (AvgIpc) is 2.45. The van der Waals surface area contributed by atoms with Crippen molar-refractivity contribution >= 4 is 11.6 Å². The van der Waals surface area contributed by atoms with E-state index in [2.05, 4.69) is 0 Å². The van der Waals surface area contributed by atoms with Crippen molar-refractivity contribution in [2.75, 3.05) is 19.4 Å². The van der Waals surface area contributed by atoms with Gasteiger partial charge in [0.2, 0.25) is 0 Å². The Balaban J connectivity index is 2.56. The molecule has 122 valence electrons. The second-order valence-corrected chi connectivity index (χ2v) is 5.58. The summed E-state index contributed by atoms with van der Waals surface area (Å²) in [6, 6.07) is 3.36. The topological polar surface area (TPSA) is 55.6 Å². The summed E-state index contributed by atoms with van der Waals surface area (Å²) in [5, 5.41) is 0. The van der Waals surface area contributed by atoms with Crippen LogP contribution in [0, 0.1) is 0 Å². The molecule has 4 nitrogen and oxygen atoms in total.